The molecule has 2 atom stereocenters. The Morgan fingerprint density at radius 1 is 1.26 bits per heavy atom. The minimum atomic E-state index is -0.490. The molecule has 2 aliphatic rings. The van der Waals surface area contributed by atoms with Gasteiger partial charge in [-0.05, 0) is 62.8 Å². The molecule has 1 N–H and O–H groups in total. The number of halogens is 2. The van der Waals surface area contributed by atoms with Crippen molar-refractivity contribution < 1.29 is 9.53 Å². The summed E-state index contributed by atoms with van der Waals surface area (Å²) in [5.74, 6) is 2.85. The summed E-state index contributed by atoms with van der Waals surface area (Å²) in [5, 5.41) is 8.24. The van der Waals surface area contributed by atoms with Crippen LogP contribution in [0.1, 0.15) is 48.6 Å². The summed E-state index contributed by atoms with van der Waals surface area (Å²) >= 11 is 6.08. The average molecular weight is 505 g/mol. The average Bonchev–Trinajstić information content (AvgIpc) is 3.17. The van der Waals surface area contributed by atoms with Crippen molar-refractivity contribution in [3.05, 3.63) is 52.3 Å². The lowest BCUT2D eigenvalue weighted by Crippen LogP contribution is -2.58. The second-order valence-corrected chi connectivity index (χ2v) is 9.70. The normalized spacial score (nSPS) is 25.2. The minimum absolute atomic E-state index is 0. The molecule has 2 aromatic rings. The molecule has 1 aromatic carbocycles. The molecule has 2 fully saturated rings. The van der Waals surface area contributed by atoms with Gasteiger partial charge in [-0.3, -0.25) is 14.4 Å². The van der Waals surface area contributed by atoms with E-state index in [-0.39, 0.29) is 30.9 Å². The molecule has 1 saturated heterocycles. The van der Waals surface area contributed by atoms with E-state index >= 15 is 0 Å². The number of rotatable bonds is 6. The van der Waals surface area contributed by atoms with Crippen LogP contribution in [0, 0.1) is 19.3 Å². The van der Waals surface area contributed by atoms with Crippen molar-refractivity contribution >= 4 is 29.9 Å². The molecule has 1 saturated carbocycles. The largest absolute Gasteiger partial charge is 0.365 e. The minimum Gasteiger partial charge on any atom is -0.365 e. The first-order chi connectivity index (χ1) is 15.9. The van der Waals surface area contributed by atoms with Crippen molar-refractivity contribution in [3.8, 4) is 12.3 Å². The van der Waals surface area contributed by atoms with Crippen LogP contribution in [0.4, 0.5) is 0 Å². The summed E-state index contributed by atoms with van der Waals surface area (Å²) in [7, 11) is 2.00. The molecule has 4 rings (SSSR count). The number of carbonyl (C=O) groups is 1. The van der Waals surface area contributed by atoms with Crippen LogP contribution in [0.2, 0.25) is 5.02 Å². The lowest BCUT2D eigenvalue weighted by atomic mass is 9.82. The van der Waals surface area contributed by atoms with Crippen LogP contribution in [0.5, 0.6) is 0 Å². The molecule has 8 heteroatoms. The van der Waals surface area contributed by atoms with E-state index in [4.69, 9.17) is 27.9 Å². The fraction of sp³-hybridized carbons (Fsp3) is 0.538. The third-order valence-corrected chi connectivity index (χ3v) is 7.35. The predicted molar refractivity (Wildman–Crippen MR) is 137 cm³/mol. The molecule has 1 aliphatic heterocycles. The quantitative estimate of drug-likeness (QED) is 0.606. The Hall–Kier alpha value is -2.04. The molecule has 0 bridgehead atoms. The van der Waals surface area contributed by atoms with E-state index < -0.39 is 6.10 Å². The summed E-state index contributed by atoms with van der Waals surface area (Å²) in [6.45, 7) is 3.44. The summed E-state index contributed by atoms with van der Waals surface area (Å²) in [4.78, 5) is 15.1. The number of nitrogens with one attached hydrogen (secondary N) is 1. The Bertz CT molecular complexity index is 974. The highest BCUT2D eigenvalue weighted by Crippen LogP contribution is 2.36. The molecule has 2 heterocycles. The third kappa shape index (κ3) is 6.34. The lowest BCUT2D eigenvalue weighted by molar-refractivity contribution is -0.145. The van der Waals surface area contributed by atoms with Gasteiger partial charge < -0.3 is 10.1 Å². The van der Waals surface area contributed by atoms with Gasteiger partial charge in [0.05, 0.1) is 18.8 Å². The van der Waals surface area contributed by atoms with Crippen LogP contribution < -0.4 is 5.32 Å². The van der Waals surface area contributed by atoms with Crippen molar-refractivity contribution in [3.63, 3.8) is 0 Å². The van der Waals surface area contributed by atoms with Gasteiger partial charge in [0.25, 0.3) is 5.91 Å². The van der Waals surface area contributed by atoms with Gasteiger partial charge >= 0.3 is 0 Å². The van der Waals surface area contributed by atoms with E-state index in [1.165, 1.54) is 17.0 Å². The summed E-state index contributed by atoms with van der Waals surface area (Å²) in [6.07, 6.45) is 10.1. The Morgan fingerprint density at radius 2 is 1.97 bits per heavy atom. The van der Waals surface area contributed by atoms with Gasteiger partial charge in [0.1, 0.15) is 6.10 Å². The number of carbonyl (C=O) groups excluding carboxylic acids is 1. The first kappa shape index (κ1) is 26.6. The zero-order chi connectivity index (χ0) is 23.4. The molecular formula is C26H34Cl2N4O2. The fourth-order valence-corrected chi connectivity index (χ4v) is 5.26. The fourth-order valence-electron chi connectivity index (χ4n) is 5.13. The Labute approximate surface area is 213 Å². The molecule has 1 amide bonds. The summed E-state index contributed by atoms with van der Waals surface area (Å²) in [6, 6.07) is 10.9. The first-order valence-corrected chi connectivity index (χ1v) is 12.2. The van der Waals surface area contributed by atoms with E-state index in [9.17, 15) is 4.79 Å². The molecule has 6 nitrogen and oxygen atoms in total. The van der Waals surface area contributed by atoms with Crippen molar-refractivity contribution in [1.29, 1.82) is 0 Å². The van der Waals surface area contributed by atoms with Crippen LogP contribution in [0.3, 0.4) is 0 Å². The van der Waals surface area contributed by atoms with Gasteiger partial charge in [0.15, 0.2) is 0 Å². The van der Waals surface area contributed by atoms with Gasteiger partial charge in [-0.1, -0.05) is 29.7 Å². The Balaban J connectivity index is 0.00000324. The SMILES string of the molecule is C#CCNC(=O)[C@H]1CN(C2CCC(c3cc(C)n(C)n3)CC2)[C@@H](Cc2ccc(Cl)cc2)CO1.Cl. The van der Waals surface area contributed by atoms with E-state index in [1.807, 2.05) is 23.9 Å². The van der Waals surface area contributed by atoms with E-state index in [0.717, 1.165) is 37.1 Å². The number of hydrogen-bond donors (Lipinski definition) is 1. The number of nitrogens with zero attached hydrogens (tertiary/aromatic N) is 3. The summed E-state index contributed by atoms with van der Waals surface area (Å²) < 4.78 is 7.97. The maximum atomic E-state index is 12.6. The van der Waals surface area contributed by atoms with Crippen molar-refractivity contribution in [1.82, 2.24) is 20.0 Å². The van der Waals surface area contributed by atoms with Crippen molar-refractivity contribution in [2.75, 3.05) is 19.7 Å². The number of hydrogen-bond acceptors (Lipinski definition) is 4. The van der Waals surface area contributed by atoms with Gasteiger partial charge in [-0.15, -0.1) is 18.8 Å². The second kappa shape index (κ2) is 12.1. The molecule has 1 aliphatic carbocycles. The molecule has 0 spiro atoms. The van der Waals surface area contributed by atoms with E-state index in [0.29, 0.717) is 25.1 Å². The van der Waals surface area contributed by atoms with Crippen LogP contribution in [-0.2, 0) is 23.0 Å². The smallest absolute Gasteiger partial charge is 0.251 e. The molecule has 0 radical (unpaired) electrons. The molecular weight excluding hydrogens is 471 g/mol. The molecule has 1 aromatic heterocycles. The Morgan fingerprint density at radius 3 is 2.59 bits per heavy atom. The maximum Gasteiger partial charge on any atom is 0.251 e. The number of amides is 1. The number of ether oxygens (including phenoxy) is 1. The zero-order valence-electron chi connectivity index (χ0n) is 19.9. The number of aryl methyl sites for hydroxylation is 2. The monoisotopic (exact) mass is 504 g/mol. The first-order valence-electron chi connectivity index (χ1n) is 11.8. The highest BCUT2D eigenvalue weighted by Gasteiger charge is 2.38. The Kier molecular flexibility index (Phi) is 9.44. The maximum absolute atomic E-state index is 12.6. The number of morpholine rings is 1. The number of benzene rings is 1. The zero-order valence-corrected chi connectivity index (χ0v) is 21.4. The van der Waals surface area contributed by atoms with Crippen LogP contribution in [-0.4, -0.2) is 58.5 Å². The van der Waals surface area contributed by atoms with E-state index in [1.54, 1.807) is 0 Å². The van der Waals surface area contributed by atoms with Gasteiger partial charge in [0.2, 0.25) is 0 Å². The van der Waals surface area contributed by atoms with Gasteiger partial charge in [0, 0.05) is 42.3 Å². The number of terminal acetylenes is 1. The predicted octanol–water partition coefficient (Wildman–Crippen LogP) is 3.89. The van der Waals surface area contributed by atoms with Crippen LogP contribution >= 0.6 is 24.0 Å². The highest BCUT2D eigenvalue weighted by atomic mass is 35.5. The van der Waals surface area contributed by atoms with Gasteiger partial charge in [-0.2, -0.15) is 5.10 Å². The van der Waals surface area contributed by atoms with Crippen molar-refractivity contribution in [2.45, 2.75) is 63.1 Å². The highest BCUT2D eigenvalue weighted by molar-refractivity contribution is 6.30. The lowest BCUT2D eigenvalue weighted by Gasteiger charge is -2.45. The standard InChI is InChI=1S/C26H33ClN4O2.ClH/c1-4-13-28-26(32)25-16-31(23(17-33-25)15-19-5-9-21(27)10-6-19)22-11-7-20(8-12-22)24-14-18(2)30(3)29-24;/h1,5-6,9-10,14,20,22-23,25H,7-8,11-13,15-17H2,2-3H3,(H,28,32);1H/t20?,22?,23-,25+;/m0./s1. The molecule has 34 heavy (non-hydrogen) atoms. The van der Waals surface area contributed by atoms with E-state index in [2.05, 4.69) is 41.3 Å². The second-order valence-electron chi connectivity index (χ2n) is 9.26. The molecule has 0 unspecified atom stereocenters. The number of aromatic nitrogens is 2. The van der Waals surface area contributed by atoms with Gasteiger partial charge in [-0.25, -0.2) is 0 Å². The molecule has 184 valence electrons. The van der Waals surface area contributed by atoms with Crippen molar-refractivity contribution in [2.24, 2.45) is 7.05 Å². The topological polar surface area (TPSA) is 59.4 Å². The third-order valence-electron chi connectivity index (χ3n) is 7.09. The van der Waals surface area contributed by atoms with Crippen LogP contribution in [0.15, 0.2) is 30.3 Å². The van der Waals surface area contributed by atoms with Crippen LogP contribution in [0.25, 0.3) is 0 Å². The summed E-state index contributed by atoms with van der Waals surface area (Å²) in [5.41, 5.74) is 3.63.